The lowest BCUT2D eigenvalue weighted by atomic mass is 10.1. The number of nitrogens with zero attached hydrogens (tertiary/aromatic N) is 2. The average molecular weight is 602 g/mol. The number of sulfonamides is 1. The van der Waals surface area contributed by atoms with Crippen molar-refractivity contribution in [1.29, 1.82) is 0 Å². The van der Waals surface area contributed by atoms with Crippen LogP contribution in [-0.2, 0) is 26.2 Å². The van der Waals surface area contributed by atoms with Gasteiger partial charge in [0.25, 0.3) is 10.0 Å². The molecule has 0 fully saturated rings. The van der Waals surface area contributed by atoms with Gasteiger partial charge in [0.2, 0.25) is 11.8 Å². The van der Waals surface area contributed by atoms with Gasteiger partial charge in [0.05, 0.1) is 24.8 Å². The SMILES string of the molecule is CCNC(=O)[C@@H](CC)N(Cc1ccccc1C)C(=O)CN(c1ccc(Cl)cc1)S(=O)(=O)c1ccc(OC)c(OC)c1. The van der Waals surface area contributed by atoms with Gasteiger partial charge < -0.3 is 19.7 Å². The van der Waals surface area contributed by atoms with E-state index < -0.39 is 28.5 Å². The van der Waals surface area contributed by atoms with E-state index in [9.17, 15) is 18.0 Å². The molecule has 0 unspecified atom stereocenters. The molecule has 0 bridgehead atoms. The summed E-state index contributed by atoms with van der Waals surface area (Å²) in [6, 6.07) is 17.1. The molecule has 0 spiro atoms. The summed E-state index contributed by atoms with van der Waals surface area (Å²) in [5.41, 5.74) is 2.03. The van der Waals surface area contributed by atoms with Crippen LogP contribution in [0.3, 0.4) is 0 Å². The van der Waals surface area contributed by atoms with Crippen molar-refractivity contribution in [2.24, 2.45) is 0 Å². The Bertz CT molecular complexity index is 1460. The summed E-state index contributed by atoms with van der Waals surface area (Å²) in [4.78, 5) is 28.5. The van der Waals surface area contributed by atoms with Crippen molar-refractivity contribution >= 4 is 39.1 Å². The van der Waals surface area contributed by atoms with Crippen molar-refractivity contribution in [2.75, 3.05) is 31.6 Å². The smallest absolute Gasteiger partial charge is 0.264 e. The molecule has 41 heavy (non-hydrogen) atoms. The highest BCUT2D eigenvalue weighted by Gasteiger charge is 2.34. The third-order valence-electron chi connectivity index (χ3n) is 6.68. The van der Waals surface area contributed by atoms with Gasteiger partial charge in [0.1, 0.15) is 12.6 Å². The minimum Gasteiger partial charge on any atom is -0.493 e. The summed E-state index contributed by atoms with van der Waals surface area (Å²) in [7, 11) is -1.43. The van der Waals surface area contributed by atoms with E-state index in [1.54, 1.807) is 19.1 Å². The number of rotatable bonds is 13. The largest absolute Gasteiger partial charge is 0.493 e. The molecule has 0 aromatic heterocycles. The normalized spacial score (nSPS) is 11.9. The first-order valence-electron chi connectivity index (χ1n) is 13.2. The lowest BCUT2D eigenvalue weighted by Gasteiger charge is -2.33. The first-order chi connectivity index (χ1) is 19.6. The van der Waals surface area contributed by atoms with Crippen LogP contribution in [0.1, 0.15) is 31.4 Å². The van der Waals surface area contributed by atoms with Crippen molar-refractivity contribution in [3.8, 4) is 11.5 Å². The molecule has 0 radical (unpaired) electrons. The van der Waals surface area contributed by atoms with Crippen molar-refractivity contribution in [3.63, 3.8) is 0 Å². The number of aryl methyl sites for hydroxylation is 1. The maximum atomic E-state index is 14.1. The summed E-state index contributed by atoms with van der Waals surface area (Å²) < 4.78 is 39.8. The molecule has 0 saturated carbocycles. The van der Waals surface area contributed by atoms with E-state index in [-0.39, 0.29) is 28.8 Å². The molecule has 0 aliphatic rings. The Morgan fingerprint density at radius 2 is 1.61 bits per heavy atom. The molecular weight excluding hydrogens is 566 g/mol. The first kappa shape index (κ1) is 31.8. The molecule has 1 atom stereocenters. The number of nitrogens with one attached hydrogen (secondary N) is 1. The van der Waals surface area contributed by atoms with Crippen molar-refractivity contribution < 1.29 is 27.5 Å². The maximum absolute atomic E-state index is 14.1. The molecule has 9 nitrogen and oxygen atoms in total. The second kappa shape index (κ2) is 14.2. The summed E-state index contributed by atoms with van der Waals surface area (Å²) in [6.07, 6.45) is 0.340. The number of benzene rings is 3. The quantitative estimate of drug-likeness (QED) is 0.302. The Morgan fingerprint density at radius 3 is 2.20 bits per heavy atom. The Kier molecular flexibility index (Phi) is 11.0. The molecule has 3 aromatic carbocycles. The van der Waals surface area contributed by atoms with E-state index in [0.29, 0.717) is 23.7 Å². The molecule has 0 heterocycles. The Labute approximate surface area is 247 Å². The van der Waals surface area contributed by atoms with E-state index in [4.69, 9.17) is 21.1 Å². The van der Waals surface area contributed by atoms with Gasteiger partial charge in [-0.3, -0.25) is 13.9 Å². The van der Waals surface area contributed by atoms with E-state index >= 15 is 0 Å². The molecule has 1 N–H and O–H groups in total. The fourth-order valence-corrected chi connectivity index (χ4v) is 5.98. The van der Waals surface area contributed by atoms with E-state index in [1.165, 1.54) is 49.5 Å². The van der Waals surface area contributed by atoms with Crippen LogP contribution in [0.15, 0.2) is 71.6 Å². The molecule has 11 heteroatoms. The molecule has 2 amide bonds. The van der Waals surface area contributed by atoms with Gasteiger partial charge in [-0.2, -0.15) is 0 Å². The number of hydrogen-bond donors (Lipinski definition) is 1. The number of amides is 2. The topological polar surface area (TPSA) is 105 Å². The molecule has 3 rings (SSSR count). The van der Waals surface area contributed by atoms with Crippen molar-refractivity contribution in [1.82, 2.24) is 10.2 Å². The monoisotopic (exact) mass is 601 g/mol. The zero-order chi connectivity index (χ0) is 30.2. The number of carbonyl (C=O) groups is 2. The molecular formula is C30H36ClN3O6S. The Balaban J connectivity index is 2.10. The third-order valence-corrected chi connectivity index (χ3v) is 8.70. The average Bonchev–Trinajstić information content (AvgIpc) is 2.96. The minimum absolute atomic E-state index is 0.0980. The lowest BCUT2D eigenvalue weighted by Crippen LogP contribution is -2.52. The number of carbonyl (C=O) groups excluding carboxylic acids is 2. The third kappa shape index (κ3) is 7.51. The molecule has 3 aromatic rings. The van der Waals surface area contributed by atoms with Crippen LogP contribution in [0.2, 0.25) is 5.02 Å². The van der Waals surface area contributed by atoms with Crippen LogP contribution in [-0.4, -0.2) is 58.5 Å². The minimum atomic E-state index is -4.29. The number of likely N-dealkylation sites (N-methyl/N-ethyl adjacent to an activating group) is 1. The van der Waals surface area contributed by atoms with Crippen LogP contribution in [0, 0.1) is 6.92 Å². The van der Waals surface area contributed by atoms with Crippen LogP contribution in [0.4, 0.5) is 5.69 Å². The fourth-order valence-electron chi connectivity index (χ4n) is 4.42. The summed E-state index contributed by atoms with van der Waals surface area (Å²) in [5.74, 6) is -0.264. The van der Waals surface area contributed by atoms with Crippen LogP contribution < -0.4 is 19.1 Å². The van der Waals surface area contributed by atoms with Gasteiger partial charge in [-0.1, -0.05) is 42.8 Å². The highest BCUT2D eigenvalue weighted by Crippen LogP contribution is 2.33. The Hall–Kier alpha value is -3.76. The van der Waals surface area contributed by atoms with E-state index in [0.717, 1.165) is 15.4 Å². The van der Waals surface area contributed by atoms with Crippen LogP contribution in [0.5, 0.6) is 11.5 Å². The van der Waals surface area contributed by atoms with Gasteiger partial charge in [0, 0.05) is 24.2 Å². The zero-order valence-electron chi connectivity index (χ0n) is 23.9. The van der Waals surface area contributed by atoms with E-state index in [2.05, 4.69) is 5.32 Å². The Morgan fingerprint density at radius 1 is 0.951 bits per heavy atom. The van der Waals surface area contributed by atoms with Crippen LogP contribution >= 0.6 is 11.6 Å². The molecule has 0 aliphatic carbocycles. The summed E-state index contributed by atoms with van der Waals surface area (Å²) in [5, 5.41) is 3.21. The zero-order valence-corrected chi connectivity index (χ0v) is 25.5. The summed E-state index contributed by atoms with van der Waals surface area (Å²) in [6.45, 7) is 5.51. The number of hydrogen-bond acceptors (Lipinski definition) is 6. The van der Waals surface area contributed by atoms with Crippen molar-refractivity contribution in [2.45, 2.75) is 44.7 Å². The van der Waals surface area contributed by atoms with Gasteiger partial charge in [-0.05, 0) is 67.8 Å². The highest BCUT2D eigenvalue weighted by molar-refractivity contribution is 7.92. The van der Waals surface area contributed by atoms with Gasteiger partial charge in [-0.15, -0.1) is 0 Å². The second-order valence-electron chi connectivity index (χ2n) is 9.27. The van der Waals surface area contributed by atoms with Crippen molar-refractivity contribution in [3.05, 3.63) is 82.9 Å². The van der Waals surface area contributed by atoms with Gasteiger partial charge in [-0.25, -0.2) is 8.42 Å². The molecule has 220 valence electrons. The number of halogens is 1. The van der Waals surface area contributed by atoms with Gasteiger partial charge in [0.15, 0.2) is 11.5 Å². The molecule has 0 aliphatic heterocycles. The van der Waals surface area contributed by atoms with Gasteiger partial charge >= 0.3 is 0 Å². The fraction of sp³-hybridized carbons (Fsp3) is 0.333. The molecule has 0 saturated heterocycles. The predicted octanol–water partition coefficient (Wildman–Crippen LogP) is 4.80. The maximum Gasteiger partial charge on any atom is 0.264 e. The van der Waals surface area contributed by atoms with Crippen LogP contribution in [0.25, 0.3) is 0 Å². The number of anilines is 1. The standard InChI is InChI=1S/C30H36ClN3O6S/c1-6-26(30(36)32-7-2)33(19-22-11-9-8-10-21(22)3)29(35)20-34(24-14-12-23(31)13-15-24)41(37,38)25-16-17-27(39-4)28(18-25)40-5/h8-18,26H,6-7,19-20H2,1-5H3,(H,32,36)/t26-/m1/s1. The highest BCUT2D eigenvalue weighted by atomic mass is 35.5. The second-order valence-corrected chi connectivity index (χ2v) is 11.6. The summed E-state index contributed by atoms with van der Waals surface area (Å²) >= 11 is 6.09. The lowest BCUT2D eigenvalue weighted by molar-refractivity contribution is -0.140. The first-order valence-corrected chi connectivity index (χ1v) is 15.0. The number of methoxy groups -OCH3 is 2. The van der Waals surface area contributed by atoms with E-state index in [1.807, 2.05) is 38.1 Å². The predicted molar refractivity (Wildman–Crippen MR) is 160 cm³/mol. The number of ether oxygens (including phenoxy) is 2.